The van der Waals surface area contributed by atoms with E-state index in [0.29, 0.717) is 11.4 Å². The number of nitrogens with zero attached hydrogens (tertiary/aromatic N) is 3. The Kier molecular flexibility index (Phi) is 6.14. The number of amides is 1. The fourth-order valence-corrected chi connectivity index (χ4v) is 3.58. The van der Waals surface area contributed by atoms with E-state index in [1.54, 1.807) is 12.1 Å². The Hall–Kier alpha value is -3.12. The number of benzene rings is 2. The minimum Gasteiger partial charge on any atom is -0.341 e. The largest absolute Gasteiger partial charge is 0.341 e. The standard InChI is InChI=1S/C23H24ClN5O/c1-16-14-21(28-23(25-16)29-12-2-3-13-29)26-19-8-10-20(11-9-19)27-22(30)15-17-4-6-18(24)7-5-17/h4-11,14H,2-3,12-13,15H2,1H3,(H,27,30)(H,25,26,28). The summed E-state index contributed by atoms with van der Waals surface area (Å²) in [4.78, 5) is 23.7. The maximum atomic E-state index is 12.3. The molecule has 2 heterocycles. The zero-order valence-corrected chi connectivity index (χ0v) is 17.6. The van der Waals surface area contributed by atoms with Crippen LogP contribution in [0.4, 0.5) is 23.1 Å². The number of rotatable bonds is 6. The number of carbonyl (C=O) groups is 1. The molecule has 6 nitrogen and oxygen atoms in total. The first-order valence-electron chi connectivity index (χ1n) is 10.1. The summed E-state index contributed by atoms with van der Waals surface area (Å²) in [6, 6.07) is 16.8. The van der Waals surface area contributed by atoms with E-state index in [2.05, 4.69) is 25.5 Å². The third-order valence-corrected chi connectivity index (χ3v) is 5.20. The molecule has 0 spiro atoms. The topological polar surface area (TPSA) is 70.2 Å². The van der Waals surface area contributed by atoms with Crippen LogP contribution < -0.4 is 15.5 Å². The Bertz CT molecular complexity index is 1010. The van der Waals surface area contributed by atoms with Gasteiger partial charge in [-0.15, -0.1) is 0 Å². The third-order valence-electron chi connectivity index (χ3n) is 4.95. The molecule has 3 aromatic rings. The van der Waals surface area contributed by atoms with Gasteiger partial charge in [0.25, 0.3) is 0 Å². The molecule has 0 unspecified atom stereocenters. The van der Waals surface area contributed by atoms with Crippen LogP contribution in [0.5, 0.6) is 0 Å². The van der Waals surface area contributed by atoms with Crippen LogP contribution in [0.3, 0.4) is 0 Å². The summed E-state index contributed by atoms with van der Waals surface area (Å²) in [6.45, 7) is 3.99. The highest BCUT2D eigenvalue weighted by atomic mass is 35.5. The van der Waals surface area contributed by atoms with E-state index in [4.69, 9.17) is 11.6 Å². The van der Waals surface area contributed by atoms with Crippen molar-refractivity contribution in [2.75, 3.05) is 28.6 Å². The van der Waals surface area contributed by atoms with Crippen LogP contribution in [0.1, 0.15) is 24.1 Å². The first-order valence-corrected chi connectivity index (χ1v) is 10.4. The number of aryl methyl sites for hydroxylation is 1. The molecule has 2 aromatic carbocycles. The van der Waals surface area contributed by atoms with Crippen LogP contribution >= 0.6 is 11.6 Å². The molecule has 1 saturated heterocycles. The molecule has 2 N–H and O–H groups in total. The Morgan fingerprint density at radius 1 is 1.00 bits per heavy atom. The lowest BCUT2D eigenvalue weighted by Crippen LogP contribution is -2.21. The highest BCUT2D eigenvalue weighted by molar-refractivity contribution is 6.30. The predicted octanol–water partition coefficient (Wildman–Crippen LogP) is 4.96. The van der Waals surface area contributed by atoms with Gasteiger partial charge in [0.15, 0.2) is 0 Å². The second-order valence-electron chi connectivity index (χ2n) is 7.44. The molecular formula is C23H24ClN5O. The Balaban J connectivity index is 1.37. The first-order chi connectivity index (χ1) is 14.5. The molecule has 7 heteroatoms. The van der Waals surface area contributed by atoms with Crippen LogP contribution in [0.15, 0.2) is 54.6 Å². The lowest BCUT2D eigenvalue weighted by molar-refractivity contribution is -0.115. The molecule has 0 atom stereocenters. The molecule has 0 bridgehead atoms. The van der Waals surface area contributed by atoms with E-state index in [1.807, 2.05) is 49.4 Å². The summed E-state index contributed by atoms with van der Waals surface area (Å²) in [5, 5.41) is 6.91. The van der Waals surface area contributed by atoms with Crippen molar-refractivity contribution in [1.82, 2.24) is 9.97 Å². The number of carbonyl (C=O) groups excluding carboxylic acids is 1. The van der Waals surface area contributed by atoms with Gasteiger partial charge in [-0.2, -0.15) is 4.98 Å². The molecule has 1 aromatic heterocycles. The van der Waals surface area contributed by atoms with E-state index in [9.17, 15) is 4.79 Å². The smallest absolute Gasteiger partial charge is 0.228 e. The van der Waals surface area contributed by atoms with Crippen molar-refractivity contribution in [1.29, 1.82) is 0 Å². The molecule has 4 rings (SSSR count). The number of anilines is 4. The molecule has 30 heavy (non-hydrogen) atoms. The van der Waals surface area contributed by atoms with E-state index in [1.165, 1.54) is 12.8 Å². The molecule has 0 radical (unpaired) electrons. The number of halogens is 1. The van der Waals surface area contributed by atoms with Gasteiger partial charge in [-0.25, -0.2) is 4.98 Å². The van der Waals surface area contributed by atoms with Crippen LogP contribution in [0.25, 0.3) is 0 Å². The summed E-state index contributed by atoms with van der Waals surface area (Å²) in [6.07, 6.45) is 2.67. The highest BCUT2D eigenvalue weighted by Crippen LogP contribution is 2.22. The maximum Gasteiger partial charge on any atom is 0.228 e. The quantitative estimate of drug-likeness (QED) is 0.588. The van der Waals surface area contributed by atoms with Gasteiger partial charge in [-0.05, 0) is 61.7 Å². The molecule has 0 saturated carbocycles. The van der Waals surface area contributed by atoms with E-state index >= 15 is 0 Å². The number of nitrogens with one attached hydrogen (secondary N) is 2. The lowest BCUT2D eigenvalue weighted by atomic mass is 10.1. The average Bonchev–Trinajstić information content (AvgIpc) is 3.26. The van der Waals surface area contributed by atoms with Crippen LogP contribution in [-0.4, -0.2) is 29.0 Å². The minimum absolute atomic E-state index is 0.0697. The Morgan fingerprint density at radius 3 is 2.37 bits per heavy atom. The summed E-state index contributed by atoms with van der Waals surface area (Å²) in [5.74, 6) is 1.48. The fraction of sp³-hybridized carbons (Fsp3) is 0.261. The van der Waals surface area contributed by atoms with Crippen molar-refractivity contribution in [2.45, 2.75) is 26.2 Å². The Morgan fingerprint density at radius 2 is 1.67 bits per heavy atom. The van der Waals surface area contributed by atoms with Crippen molar-refractivity contribution >= 4 is 40.6 Å². The molecule has 0 aliphatic carbocycles. The summed E-state index contributed by atoms with van der Waals surface area (Å²) in [7, 11) is 0. The minimum atomic E-state index is -0.0697. The van der Waals surface area contributed by atoms with Crippen molar-refractivity contribution in [3.8, 4) is 0 Å². The Labute approximate surface area is 181 Å². The predicted molar refractivity (Wildman–Crippen MR) is 122 cm³/mol. The summed E-state index contributed by atoms with van der Waals surface area (Å²) < 4.78 is 0. The molecule has 154 valence electrons. The maximum absolute atomic E-state index is 12.3. The normalized spacial score (nSPS) is 13.3. The van der Waals surface area contributed by atoms with Gasteiger partial charge in [-0.3, -0.25) is 4.79 Å². The third kappa shape index (κ3) is 5.27. The van der Waals surface area contributed by atoms with E-state index in [-0.39, 0.29) is 5.91 Å². The molecular weight excluding hydrogens is 398 g/mol. The second-order valence-corrected chi connectivity index (χ2v) is 7.88. The van der Waals surface area contributed by atoms with Crippen LogP contribution in [0, 0.1) is 6.92 Å². The zero-order valence-electron chi connectivity index (χ0n) is 16.9. The number of aromatic nitrogens is 2. The molecule has 1 aliphatic rings. The van der Waals surface area contributed by atoms with Gasteiger partial charge < -0.3 is 15.5 Å². The summed E-state index contributed by atoms with van der Waals surface area (Å²) >= 11 is 5.88. The average molecular weight is 422 g/mol. The van der Waals surface area contributed by atoms with Crippen molar-refractivity contribution in [3.63, 3.8) is 0 Å². The van der Waals surface area contributed by atoms with Crippen molar-refractivity contribution in [2.24, 2.45) is 0 Å². The van der Waals surface area contributed by atoms with Crippen LogP contribution in [-0.2, 0) is 11.2 Å². The fourth-order valence-electron chi connectivity index (χ4n) is 3.45. The van der Waals surface area contributed by atoms with Gasteiger partial charge in [0.1, 0.15) is 5.82 Å². The highest BCUT2D eigenvalue weighted by Gasteiger charge is 2.16. The number of hydrogen-bond acceptors (Lipinski definition) is 5. The molecule has 1 aliphatic heterocycles. The van der Waals surface area contributed by atoms with Gasteiger partial charge >= 0.3 is 0 Å². The van der Waals surface area contributed by atoms with Crippen LogP contribution in [0.2, 0.25) is 5.02 Å². The van der Waals surface area contributed by atoms with Crippen molar-refractivity contribution in [3.05, 3.63) is 70.9 Å². The SMILES string of the molecule is Cc1cc(Nc2ccc(NC(=O)Cc3ccc(Cl)cc3)cc2)nc(N2CCCC2)n1. The van der Waals surface area contributed by atoms with Gasteiger partial charge in [0.2, 0.25) is 11.9 Å². The monoisotopic (exact) mass is 421 g/mol. The van der Waals surface area contributed by atoms with E-state index < -0.39 is 0 Å². The van der Waals surface area contributed by atoms with E-state index in [0.717, 1.165) is 47.5 Å². The zero-order chi connectivity index (χ0) is 20.9. The second kappa shape index (κ2) is 9.13. The summed E-state index contributed by atoms with van der Waals surface area (Å²) in [5.41, 5.74) is 3.50. The van der Waals surface area contributed by atoms with Gasteiger partial charge in [0.05, 0.1) is 6.42 Å². The first kappa shape index (κ1) is 20.2. The molecule has 1 fully saturated rings. The van der Waals surface area contributed by atoms with Gasteiger partial charge in [-0.1, -0.05) is 23.7 Å². The lowest BCUT2D eigenvalue weighted by Gasteiger charge is -2.17. The number of hydrogen-bond donors (Lipinski definition) is 2. The molecule has 1 amide bonds. The van der Waals surface area contributed by atoms with Gasteiger partial charge in [0, 0.05) is 41.2 Å². The van der Waals surface area contributed by atoms with Crippen molar-refractivity contribution < 1.29 is 4.79 Å².